The van der Waals surface area contributed by atoms with Crippen molar-refractivity contribution < 1.29 is 17.9 Å². The van der Waals surface area contributed by atoms with Gasteiger partial charge in [-0.2, -0.15) is 0 Å². The number of amides is 1. The number of nitrogens with zero attached hydrogens (tertiary/aromatic N) is 1. The number of carbonyl (C=O) groups excluding carboxylic acids is 1. The molecule has 3 aromatic carbocycles. The predicted molar refractivity (Wildman–Crippen MR) is 122 cm³/mol. The van der Waals surface area contributed by atoms with Crippen LogP contribution in [0, 0.1) is 0 Å². The first kappa shape index (κ1) is 21.9. The number of nitrogens with one attached hydrogen (secondary N) is 1. The smallest absolute Gasteiger partial charge is 0.232 e. The van der Waals surface area contributed by atoms with Crippen molar-refractivity contribution in [1.82, 2.24) is 0 Å². The highest BCUT2D eigenvalue weighted by Crippen LogP contribution is 2.30. The molecule has 0 radical (unpaired) electrons. The van der Waals surface area contributed by atoms with E-state index in [-0.39, 0.29) is 18.9 Å². The molecular weight excluding hydrogens is 424 g/mol. The minimum atomic E-state index is -3.54. The quantitative estimate of drug-likeness (QED) is 0.544. The summed E-state index contributed by atoms with van der Waals surface area (Å²) in [6.07, 6.45) is 1.66. The molecule has 0 spiro atoms. The Labute approximate surface area is 181 Å². The largest absolute Gasteiger partial charge is 0.495 e. The summed E-state index contributed by atoms with van der Waals surface area (Å²) >= 11 is 6.14. The molecule has 1 N–H and O–H groups in total. The lowest BCUT2D eigenvalue weighted by molar-refractivity contribution is -0.116. The Morgan fingerprint density at radius 1 is 1.10 bits per heavy atom. The first-order valence-electron chi connectivity index (χ1n) is 9.38. The number of fused-ring (bicyclic) bond motifs is 1. The van der Waals surface area contributed by atoms with Crippen LogP contribution in [0.5, 0.6) is 5.75 Å². The number of methoxy groups -OCH3 is 1. The number of benzene rings is 3. The van der Waals surface area contributed by atoms with Crippen LogP contribution in [-0.4, -0.2) is 34.2 Å². The second-order valence-corrected chi connectivity index (χ2v) is 9.15. The van der Waals surface area contributed by atoms with E-state index < -0.39 is 10.0 Å². The summed E-state index contributed by atoms with van der Waals surface area (Å²) < 4.78 is 30.9. The second kappa shape index (κ2) is 9.36. The van der Waals surface area contributed by atoms with E-state index in [1.165, 1.54) is 17.5 Å². The van der Waals surface area contributed by atoms with Gasteiger partial charge in [0.15, 0.2) is 0 Å². The van der Waals surface area contributed by atoms with Crippen molar-refractivity contribution in [2.75, 3.05) is 29.5 Å². The zero-order valence-electron chi connectivity index (χ0n) is 16.8. The lowest BCUT2D eigenvalue weighted by Crippen LogP contribution is -2.31. The maximum Gasteiger partial charge on any atom is 0.232 e. The number of ether oxygens (including phenoxy) is 1. The van der Waals surface area contributed by atoms with Gasteiger partial charge in [-0.25, -0.2) is 8.42 Å². The van der Waals surface area contributed by atoms with Gasteiger partial charge >= 0.3 is 0 Å². The van der Waals surface area contributed by atoms with E-state index in [0.717, 1.165) is 22.7 Å². The highest BCUT2D eigenvalue weighted by atomic mass is 35.5. The highest BCUT2D eigenvalue weighted by molar-refractivity contribution is 7.92. The van der Waals surface area contributed by atoms with Crippen LogP contribution in [0.25, 0.3) is 10.8 Å². The Bertz CT molecular complexity index is 1160. The van der Waals surface area contributed by atoms with Crippen molar-refractivity contribution in [3.63, 3.8) is 0 Å². The van der Waals surface area contributed by atoms with Gasteiger partial charge < -0.3 is 10.1 Å². The topological polar surface area (TPSA) is 75.7 Å². The molecular formula is C22H23ClN2O4S. The van der Waals surface area contributed by atoms with E-state index in [0.29, 0.717) is 22.9 Å². The molecule has 1 amide bonds. The van der Waals surface area contributed by atoms with E-state index in [1.54, 1.807) is 12.1 Å². The van der Waals surface area contributed by atoms with Crippen LogP contribution in [-0.2, 0) is 14.8 Å². The van der Waals surface area contributed by atoms with Gasteiger partial charge in [0, 0.05) is 24.0 Å². The average Bonchev–Trinajstić information content (AvgIpc) is 2.70. The Morgan fingerprint density at radius 3 is 2.53 bits per heavy atom. The molecule has 0 aliphatic heterocycles. The number of halogens is 1. The molecule has 0 aliphatic rings. The normalized spacial score (nSPS) is 11.3. The lowest BCUT2D eigenvalue weighted by Gasteiger charge is -2.23. The molecule has 0 aliphatic carbocycles. The van der Waals surface area contributed by atoms with Crippen LogP contribution in [0.1, 0.15) is 12.8 Å². The van der Waals surface area contributed by atoms with Crippen LogP contribution in [0.2, 0.25) is 5.02 Å². The van der Waals surface area contributed by atoms with Crippen molar-refractivity contribution in [3.8, 4) is 5.75 Å². The summed E-state index contributed by atoms with van der Waals surface area (Å²) in [5, 5.41) is 5.23. The fraction of sp³-hybridized carbons (Fsp3) is 0.227. The van der Waals surface area contributed by atoms with Crippen LogP contribution in [0.3, 0.4) is 0 Å². The van der Waals surface area contributed by atoms with Crippen molar-refractivity contribution in [1.29, 1.82) is 0 Å². The molecule has 0 aromatic heterocycles. The highest BCUT2D eigenvalue weighted by Gasteiger charge is 2.19. The zero-order valence-corrected chi connectivity index (χ0v) is 18.3. The molecule has 0 bridgehead atoms. The summed E-state index contributed by atoms with van der Waals surface area (Å²) in [7, 11) is -2.05. The lowest BCUT2D eigenvalue weighted by atomic mass is 10.1. The molecule has 158 valence electrons. The standard InChI is InChI=1S/C22H23ClN2O4S/c1-29-21-13-12-17(15-19(21)23)25(30(2,27)28)14-6-11-22(26)24-20-10-5-8-16-7-3-4-9-18(16)20/h3-5,7-10,12-13,15H,6,11,14H2,1-2H3,(H,24,26). The number of anilines is 2. The van der Waals surface area contributed by atoms with Gasteiger partial charge in [0.2, 0.25) is 15.9 Å². The van der Waals surface area contributed by atoms with Gasteiger partial charge in [-0.15, -0.1) is 0 Å². The van der Waals surface area contributed by atoms with E-state index in [9.17, 15) is 13.2 Å². The molecule has 0 saturated carbocycles. The third kappa shape index (κ3) is 5.23. The molecule has 0 saturated heterocycles. The monoisotopic (exact) mass is 446 g/mol. The number of hydrogen-bond donors (Lipinski definition) is 1. The van der Waals surface area contributed by atoms with Crippen molar-refractivity contribution in [2.24, 2.45) is 0 Å². The zero-order chi connectivity index (χ0) is 21.7. The van der Waals surface area contributed by atoms with Crippen LogP contribution >= 0.6 is 11.6 Å². The number of rotatable bonds is 8. The Morgan fingerprint density at radius 2 is 1.83 bits per heavy atom. The van der Waals surface area contributed by atoms with E-state index in [4.69, 9.17) is 16.3 Å². The third-order valence-corrected chi connectivity index (χ3v) is 6.14. The molecule has 0 atom stereocenters. The van der Waals surface area contributed by atoms with Gasteiger partial charge in [0.1, 0.15) is 5.75 Å². The van der Waals surface area contributed by atoms with E-state index in [1.807, 2.05) is 42.5 Å². The summed E-state index contributed by atoms with van der Waals surface area (Å²) in [6, 6.07) is 18.3. The summed E-state index contributed by atoms with van der Waals surface area (Å²) in [6.45, 7) is 0.157. The van der Waals surface area contributed by atoms with E-state index >= 15 is 0 Å². The van der Waals surface area contributed by atoms with E-state index in [2.05, 4.69) is 5.32 Å². The molecule has 0 fully saturated rings. The molecule has 8 heteroatoms. The Hall–Kier alpha value is -2.77. The van der Waals surface area contributed by atoms with Crippen LogP contribution < -0.4 is 14.4 Å². The SMILES string of the molecule is COc1ccc(N(CCCC(=O)Nc2cccc3ccccc23)S(C)(=O)=O)cc1Cl. The summed E-state index contributed by atoms with van der Waals surface area (Å²) in [5.41, 5.74) is 1.16. The van der Waals surface area contributed by atoms with Crippen molar-refractivity contribution in [3.05, 3.63) is 65.7 Å². The fourth-order valence-electron chi connectivity index (χ4n) is 3.23. The summed E-state index contributed by atoms with van der Waals surface area (Å²) in [5.74, 6) is 0.288. The second-order valence-electron chi connectivity index (χ2n) is 6.83. The van der Waals surface area contributed by atoms with Gasteiger partial charge in [-0.05, 0) is 36.1 Å². The molecule has 0 heterocycles. The maximum atomic E-state index is 12.4. The van der Waals surface area contributed by atoms with Crippen molar-refractivity contribution >= 4 is 49.7 Å². The minimum absolute atomic E-state index is 0.157. The van der Waals surface area contributed by atoms with Gasteiger partial charge in [-0.3, -0.25) is 9.10 Å². The Kier molecular flexibility index (Phi) is 6.84. The van der Waals surface area contributed by atoms with Gasteiger partial charge in [-0.1, -0.05) is 48.0 Å². The molecule has 6 nitrogen and oxygen atoms in total. The maximum absolute atomic E-state index is 12.4. The fourth-order valence-corrected chi connectivity index (χ4v) is 4.44. The Balaban J connectivity index is 1.66. The predicted octanol–water partition coefficient (Wildman–Crippen LogP) is 4.69. The molecule has 3 aromatic rings. The van der Waals surface area contributed by atoms with Gasteiger partial charge in [0.05, 0.1) is 24.1 Å². The first-order chi connectivity index (χ1) is 14.3. The van der Waals surface area contributed by atoms with Crippen molar-refractivity contribution in [2.45, 2.75) is 12.8 Å². The van der Waals surface area contributed by atoms with Gasteiger partial charge in [0.25, 0.3) is 0 Å². The first-order valence-corrected chi connectivity index (χ1v) is 11.6. The number of carbonyl (C=O) groups is 1. The van der Waals surface area contributed by atoms with Crippen LogP contribution in [0.4, 0.5) is 11.4 Å². The summed E-state index contributed by atoms with van der Waals surface area (Å²) in [4.78, 5) is 12.4. The van der Waals surface area contributed by atoms with Crippen LogP contribution in [0.15, 0.2) is 60.7 Å². The number of hydrogen-bond acceptors (Lipinski definition) is 4. The molecule has 0 unspecified atom stereocenters. The average molecular weight is 447 g/mol. The minimum Gasteiger partial charge on any atom is -0.495 e. The molecule has 3 rings (SSSR count). The molecule has 30 heavy (non-hydrogen) atoms. The number of sulfonamides is 1. The third-order valence-electron chi connectivity index (χ3n) is 4.65.